The maximum atomic E-state index is 12.1. The van der Waals surface area contributed by atoms with Crippen LogP contribution in [0.4, 0.5) is 11.4 Å². The Balaban J connectivity index is 1.89. The van der Waals surface area contributed by atoms with Crippen molar-refractivity contribution in [3.05, 3.63) is 69.3 Å². The third kappa shape index (κ3) is 6.13. The van der Waals surface area contributed by atoms with Crippen molar-refractivity contribution < 1.29 is 28.8 Å². The zero-order valence-corrected chi connectivity index (χ0v) is 16.7. The average Bonchev–Trinajstić information content (AvgIpc) is 2.72. The third-order valence-corrected chi connectivity index (χ3v) is 4.19. The second kappa shape index (κ2) is 10.7. The Hall–Kier alpha value is -3.75. The van der Waals surface area contributed by atoms with E-state index in [-0.39, 0.29) is 16.8 Å². The smallest absolute Gasteiger partial charge is 0.339 e. The van der Waals surface area contributed by atoms with Crippen molar-refractivity contribution in [2.75, 3.05) is 18.5 Å². The maximum absolute atomic E-state index is 12.1. The van der Waals surface area contributed by atoms with E-state index in [1.807, 2.05) is 6.92 Å². The Bertz CT molecular complexity index is 939. The molecule has 0 unspecified atom stereocenters. The fourth-order valence-corrected chi connectivity index (χ4v) is 2.53. The summed E-state index contributed by atoms with van der Waals surface area (Å²) in [5.41, 5.74) is 0.740. The van der Waals surface area contributed by atoms with Crippen molar-refractivity contribution in [2.24, 2.45) is 0 Å². The number of nitro benzene ring substituents is 1. The van der Waals surface area contributed by atoms with Crippen molar-refractivity contribution >= 4 is 29.2 Å². The van der Waals surface area contributed by atoms with Crippen LogP contribution in [0.2, 0.25) is 0 Å². The number of unbranched alkanes of at least 4 members (excludes halogenated alkanes) is 1. The lowest BCUT2D eigenvalue weighted by Crippen LogP contribution is -2.21. The first-order valence-corrected chi connectivity index (χ1v) is 9.31. The molecular weight excluding hydrogens is 392 g/mol. The standard InChI is InChI=1S/C21H22N2O7/c1-3-4-12-29-20(25)15-8-10-16(11-9-15)22-19(24)13-30-21(26)17-6-5-7-18(14(17)2)23(27)28/h5-11H,3-4,12-13H2,1-2H3,(H,22,24). The van der Waals surface area contributed by atoms with E-state index in [0.717, 1.165) is 12.8 Å². The van der Waals surface area contributed by atoms with Gasteiger partial charge in [-0.2, -0.15) is 0 Å². The first kappa shape index (κ1) is 22.5. The van der Waals surface area contributed by atoms with Gasteiger partial charge in [-0.15, -0.1) is 0 Å². The molecule has 0 bridgehead atoms. The molecule has 0 aliphatic heterocycles. The number of benzene rings is 2. The molecule has 9 nitrogen and oxygen atoms in total. The van der Waals surface area contributed by atoms with E-state index in [9.17, 15) is 24.5 Å². The minimum atomic E-state index is -0.837. The summed E-state index contributed by atoms with van der Waals surface area (Å²) < 4.78 is 10.1. The van der Waals surface area contributed by atoms with Gasteiger partial charge in [0, 0.05) is 17.3 Å². The van der Waals surface area contributed by atoms with Crippen LogP contribution in [0, 0.1) is 17.0 Å². The fourth-order valence-electron chi connectivity index (χ4n) is 2.53. The molecule has 0 saturated heterocycles. The molecule has 0 heterocycles. The fraction of sp³-hybridized carbons (Fsp3) is 0.286. The molecule has 0 aliphatic carbocycles. The molecule has 0 fully saturated rings. The second-order valence-electron chi connectivity index (χ2n) is 6.40. The molecule has 2 aromatic carbocycles. The minimum Gasteiger partial charge on any atom is -0.462 e. The number of nitrogens with zero attached hydrogens (tertiary/aromatic N) is 1. The van der Waals surface area contributed by atoms with Crippen LogP contribution in [0.25, 0.3) is 0 Å². The van der Waals surface area contributed by atoms with Gasteiger partial charge in [0.05, 0.1) is 22.7 Å². The summed E-state index contributed by atoms with van der Waals surface area (Å²) in [6, 6.07) is 10.1. The quantitative estimate of drug-likeness (QED) is 0.287. The van der Waals surface area contributed by atoms with E-state index < -0.39 is 29.4 Å². The number of amides is 1. The number of esters is 2. The Morgan fingerprint density at radius 3 is 2.37 bits per heavy atom. The molecule has 0 aromatic heterocycles. The van der Waals surface area contributed by atoms with Gasteiger partial charge in [0.25, 0.3) is 11.6 Å². The van der Waals surface area contributed by atoms with Crippen LogP contribution >= 0.6 is 0 Å². The van der Waals surface area contributed by atoms with Crippen LogP contribution in [0.1, 0.15) is 46.0 Å². The Morgan fingerprint density at radius 2 is 1.73 bits per heavy atom. The number of hydrogen-bond acceptors (Lipinski definition) is 7. The number of carbonyl (C=O) groups is 3. The molecule has 1 amide bonds. The molecule has 2 aromatic rings. The third-order valence-electron chi connectivity index (χ3n) is 4.19. The largest absolute Gasteiger partial charge is 0.462 e. The van der Waals surface area contributed by atoms with E-state index in [1.165, 1.54) is 49.4 Å². The van der Waals surface area contributed by atoms with Gasteiger partial charge in [0.15, 0.2) is 6.61 Å². The van der Waals surface area contributed by atoms with Gasteiger partial charge in [-0.3, -0.25) is 14.9 Å². The van der Waals surface area contributed by atoms with Gasteiger partial charge in [0.1, 0.15) is 0 Å². The van der Waals surface area contributed by atoms with Gasteiger partial charge >= 0.3 is 11.9 Å². The number of nitrogens with one attached hydrogen (secondary N) is 1. The van der Waals surface area contributed by atoms with Crippen LogP contribution in [0.15, 0.2) is 42.5 Å². The molecule has 0 radical (unpaired) electrons. The number of nitro groups is 1. The predicted molar refractivity (Wildman–Crippen MR) is 108 cm³/mol. The van der Waals surface area contributed by atoms with Gasteiger partial charge in [-0.25, -0.2) is 9.59 Å². The van der Waals surface area contributed by atoms with E-state index in [2.05, 4.69) is 5.32 Å². The molecule has 0 aliphatic rings. The predicted octanol–water partition coefficient (Wildman–Crippen LogP) is 3.66. The molecule has 158 valence electrons. The topological polar surface area (TPSA) is 125 Å². The van der Waals surface area contributed by atoms with Crippen molar-refractivity contribution in [2.45, 2.75) is 26.7 Å². The Morgan fingerprint density at radius 1 is 1.03 bits per heavy atom. The molecule has 0 saturated carbocycles. The van der Waals surface area contributed by atoms with Crippen LogP contribution in [0.3, 0.4) is 0 Å². The minimum absolute atomic E-state index is 0.0166. The SMILES string of the molecule is CCCCOC(=O)c1ccc(NC(=O)COC(=O)c2cccc([N+](=O)[O-])c2C)cc1. The number of hydrogen-bond donors (Lipinski definition) is 1. The lowest BCUT2D eigenvalue weighted by Gasteiger charge is -2.09. The first-order chi connectivity index (χ1) is 14.3. The monoisotopic (exact) mass is 414 g/mol. The van der Waals surface area contributed by atoms with Crippen LogP contribution in [0.5, 0.6) is 0 Å². The summed E-state index contributed by atoms with van der Waals surface area (Å²) in [6.07, 6.45) is 1.71. The summed E-state index contributed by atoms with van der Waals surface area (Å²) in [5.74, 6) is -1.87. The summed E-state index contributed by atoms with van der Waals surface area (Å²) in [6.45, 7) is 3.21. The first-order valence-electron chi connectivity index (χ1n) is 9.31. The van der Waals surface area contributed by atoms with E-state index in [0.29, 0.717) is 17.9 Å². The molecule has 2 rings (SSSR count). The van der Waals surface area contributed by atoms with Crippen molar-refractivity contribution in [1.29, 1.82) is 0 Å². The van der Waals surface area contributed by atoms with Crippen molar-refractivity contribution in [3.63, 3.8) is 0 Å². The zero-order chi connectivity index (χ0) is 22.1. The summed E-state index contributed by atoms with van der Waals surface area (Å²) >= 11 is 0. The van der Waals surface area contributed by atoms with Gasteiger partial charge < -0.3 is 14.8 Å². The number of ether oxygens (including phenoxy) is 2. The number of rotatable bonds is 9. The molecule has 0 spiro atoms. The number of carbonyl (C=O) groups excluding carboxylic acids is 3. The molecule has 30 heavy (non-hydrogen) atoms. The average molecular weight is 414 g/mol. The van der Waals surface area contributed by atoms with Gasteiger partial charge in [0.2, 0.25) is 0 Å². The highest BCUT2D eigenvalue weighted by Crippen LogP contribution is 2.21. The molecule has 0 atom stereocenters. The van der Waals surface area contributed by atoms with Crippen LogP contribution in [-0.2, 0) is 14.3 Å². The summed E-state index contributed by atoms with van der Waals surface area (Å²) in [4.78, 5) is 46.4. The molecule has 1 N–H and O–H groups in total. The second-order valence-corrected chi connectivity index (χ2v) is 6.40. The lowest BCUT2D eigenvalue weighted by molar-refractivity contribution is -0.385. The van der Waals surface area contributed by atoms with Crippen molar-refractivity contribution in [3.8, 4) is 0 Å². The Labute approximate surface area is 173 Å². The van der Waals surface area contributed by atoms with Crippen molar-refractivity contribution in [1.82, 2.24) is 0 Å². The normalized spacial score (nSPS) is 10.2. The summed E-state index contributed by atoms with van der Waals surface area (Å²) in [5, 5.41) is 13.5. The van der Waals surface area contributed by atoms with Gasteiger partial charge in [-0.05, 0) is 43.7 Å². The zero-order valence-electron chi connectivity index (χ0n) is 16.7. The highest BCUT2D eigenvalue weighted by molar-refractivity contribution is 5.97. The maximum Gasteiger partial charge on any atom is 0.339 e. The molecular formula is C21H22N2O7. The van der Waals surface area contributed by atoms with Gasteiger partial charge in [-0.1, -0.05) is 19.4 Å². The highest BCUT2D eigenvalue weighted by atomic mass is 16.6. The highest BCUT2D eigenvalue weighted by Gasteiger charge is 2.19. The summed E-state index contributed by atoms with van der Waals surface area (Å²) in [7, 11) is 0. The van der Waals surface area contributed by atoms with E-state index in [1.54, 1.807) is 0 Å². The van der Waals surface area contributed by atoms with Crippen LogP contribution in [-0.4, -0.2) is 36.0 Å². The Kier molecular flexibility index (Phi) is 8.04. The van der Waals surface area contributed by atoms with E-state index >= 15 is 0 Å². The molecule has 9 heteroatoms. The van der Waals surface area contributed by atoms with E-state index in [4.69, 9.17) is 9.47 Å². The lowest BCUT2D eigenvalue weighted by atomic mass is 10.1. The van der Waals surface area contributed by atoms with Crippen LogP contribution < -0.4 is 5.32 Å². The number of anilines is 1.